The molecule has 0 amide bonds. The molecule has 20 heavy (non-hydrogen) atoms. The number of nitrogens with zero attached hydrogens (tertiary/aromatic N) is 5. The SMILES string of the molecule is CC(C)N1CN(C)/C(=N\[N+](=O)[O-])N(CC2CCOC2)C1. The van der Waals surface area contributed by atoms with Crippen molar-refractivity contribution in [3.05, 3.63) is 10.1 Å². The zero-order chi connectivity index (χ0) is 14.7. The molecule has 2 heterocycles. The van der Waals surface area contributed by atoms with Gasteiger partial charge in [0.2, 0.25) is 0 Å². The third-order valence-electron chi connectivity index (χ3n) is 3.77. The van der Waals surface area contributed by atoms with Crippen molar-refractivity contribution >= 4 is 5.96 Å². The van der Waals surface area contributed by atoms with Crippen molar-refractivity contribution in [2.24, 2.45) is 11.0 Å². The molecule has 2 aliphatic rings. The third-order valence-corrected chi connectivity index (χ3v) is 3.77. The van der Waals surface area contributed by atoms with Gasteiger partial charge in [-0.15, -0.1) is 0 Å². The molecule has 0 bridgehead atoms. The number of guanidine groups is 1. The molecule has 0 radical (unpaired) electrons. The van der Waals surface area contributed by atoms with Crippen molar-refractivity contribution < 1.29 is 9.77 Å². The number of hydrazone groups is 1. The lowest BCUT2D eigenvalue weighted by molar-refractivity contribution is -0.486. The molecule has 8 nitrogen and oxygen atoms in total. The van der Waals surface area contributed by atoms with Crippen molar-refractivity contribution in [1.82, 2.24) is 14.7 Å². The number of ether oxygens (including phenoxy) is 1. The van der Waals surface area contributed by atoms with Crippen LogP contribution in [0.4, 0.5) is 0 Å². The summed E-state index contributed by atoms with van der Waals surface area (Å²) in [6.07, 6.45) is 1.01. The van der Waals surface area contributed by atoms with E-state index in [0.717, 1.165) is 26.2 Å². The summed E-state index contributed by atoms with van der Waals surface area (Å²) in [5.41, 5.74) is 0. The molecule has 2 rings (SSSR count). The summed E-state index contributed by atoms with van der Waals surface area (Å²) in [6, 6.07) is 0.386. The van der Waals surface area contributed by atoms with E-state index in [1.807, 2.05) is 16.8 Å². The first-order chi connectivity index (χ1) is 9.47. The number of nitro groups is 1. The highest BCUT2D eigenvalue weighted by Gasteiger charge is 2.32. The Kier molecular flexibility index (Phi) is 4.77. The van der Waals surface area contributed by atoms with Gasteiger partial charge in [0, 0.05) is 32.2 Å². The molecule has 8 heteroatoms. The van der Waals surface area contributed by atoms with Gasteiger partial charge in [-0.25, -0.2) is 10.1 Å². The summed E-state index contributed by atoms with van der Waals surface area (Å²) >= 11 is 0. The number of hydrogen-bond acceptors (Lipinski definition) is 4. The first kappa shape index (κ1) is 15.0. The summed E-state index contributed by atoms with van der Waals surface area (Å²) in [6.45, 7) is 7.84. The number of rotatable bonds is 4. The normalized spacial score (nSPS) is 26.8. The number of hydrogen-bond donors (Lipinski definition) is 0. The third kappa shape index (κ3) is 3.57. The Hall–Kier alpha value is -1.41. The van der Waals surface area contributed by atoms with E-state index in [9.17, 15) is 10.1 Å². The molecule has 2 saturated heterocycles. The topological polar surface area (TPSA) is 74.5 Å². The van der Waals surface area contributed by atoms with Gasteiger partial charge >= 0.3 is 0 Å². The quantitative estimate of drug-likeness (QED) is 0.551. The average molecular weight is 285 g/mol. The summed E-state index contributed by atoms with van der Waals surface area (Å²) in [4.78, 5) is 16.8. The Bertz CT molecular complexity index is 379. The molecule has 0 spiro atoms. The largest absolute Gasteiger partial charge is 0.381 e. The highest BCUT2D eigenvalue weighted by atomic mass is 16.7. The van der Waals surface area contributed by atoms with E-state index in [1.54, 1.807) is 0 Å². The molecule has 114 valence electrons. The van der Waals surface area contributed by atoms with Gasteiger partial charge < -0.3 is 14.5 Å². The molecule has 0 aliphatic carbocycles. The van der Waals surface area contributed by atoms with Gasteiger partial charge in [-0.3, -0.25) is 4.90 Å². The zero-order valence-corrected chi connectivity index (χ0v) is 12.4. The minimum atomic E-state index is -0.616. The predicted octanol–water partition coefficient (Wildman–Crippen LogP) is 0.443. The smallest absolute Gasteiger partial charge is 0.275 e. The van der Waals surface area contributed by atoms with Gasteiger partial charge in [-0.05, 0) is 20.3 Å². The molecule has 2 aliphatic heterocycles. The minimum Gasteiger partial charge on any atom is -0.381 e. The van der Waals surface area contributed by atoms with E-state index in [1.165, 1.54) is 0 Å². The van der Waals surface area contributed by atoms with Gasteiger partial charge in [-0.1, -0.05) is 0 Å². The Labute approximate surface area is 119 Å². The molecular weight excluding hydrogens is 262 g/mol. The summed E-state index contributed by atoms with van der Waals surface area (Å²) < 4.78 is 5.39. The Morgan fingerprint density at radius 3 is 2.80 bits per heavy atom. The van der Waals surface area contributed by atoms with Crippen molar-refractivity contribution in [2.75, 3.05) is 40.1 Å². The van der Waals surface area contributed by atoms with E-state index < -0.39 is 5.03 Å². The molecule has 0 saturated carbocycles. The van der Waals surface area contributed by atoms with Gasteiger partial charge in [0.1, 0.15) is 5.10 Å². The second-order valence-electron chi connectivity index (χ2n) is 5.75. The average Bonchev–Trinajstić information content (AvgIpc) is 2.85. The second kappa shape index (κ2) is 6.36. The molecule has 1 unspecified atom stereocenters. The predicted molar refractivity (Wildman–Crippen MR) is 74.5 cm³/mol. The highest BCUT2D eigenvalue weighted by molar-refractivity contribution is 5.79. The van der Waals surface area contributed by atoms with Crippen LogP contribution < -0.4 is 0 Å². The van der Waals surface area contributed by atoms with Gasteiger partial charge in [0.05, 0.1) is 19.9 Å². The molecule has 0 aromatic rings. The fourth-order valence-electron chi connectivity index (χ4n) is 2.62. The van der Waals surface area contributed by atoms with Crippen molar-refractivity contribution in [2.45, 2.75) is 26.3 Å². The van der Waals surface area contributed by atoms with E-state index in [0.29, 0.717) is 31.3 Å². The molecular formula is C12H23N5O3. The van der Waals surface area contributed by atoms with Crippen LogP contribution >= 0.6 is 0 Å². The summed E-state index contributed by atoms with van der Waals surface area (Å²) in [5, 5.41) is 13.7. The Morgan fingerprint density at radius 1 is 1.50 bits per heavy atom. The fraction of sp³-hybridized carbons (Fsp3) is 0.917. The van der Waals surface area contributed by atoms with Crippen LogP contribution in [0.1, 0.15) is 20.3 Å². The maximum absolute atomic E-state index is 10.7. The van der Waals surface area contributed by atoms with E-state index in [-0.39, 0.29) is 0 Å². The van der Waals surface area contributed by atoms with E-state index in [4.69, 9.17) is 4.74 Å². The van der Waals surface area contributed by atoms with Crippen molar-refractivity contribution in [3.63, 3.8) is 0 Å². The lowest BCUT2D eigenvalue weighted by Crippen LogP contribution is -2.60. The lowest BCUT2D eigenvalue weighted by atomic mass is 10.1. The van der Waals surface area contributed by atoms with Crippen LogP contribution in [0.25, 0.3) is 0 Å². The van der Waals surface area contributed by atoms with Crippen LogP contribution in [-0.4, -0.2) is 71.9 Å². The first-order valence-electron chi connectivity index (χ1n) is 6.98. The van der Waals surface area contributed by atoms with Crippen LogP contribution in [0.15, 0.2) is 5.10 Å². The lowest BCUT2D eigenvalue weighted by Gasteiger charge is -2.44. The minimum absolute atomic E-state index is 0.386. The van der Waals surface area contributed by atoms with E-state index >= 15 is 0 Å². The molecule has 1 atom stereocenters. The van der Waals surface area contributed by atoms with Gasteiger partial charge in [0.15, 0.2) is 5.03 Å². The highest BCUT2D eigenvalue weighted by Crippen LogP contribution is 2.18. The molecule has 0 aromatic carbocycles. The van der Waals surface area contributed by atoms with Crippen LogP contribution in [0, 0.1) is 16.0 Å². The van der Waals surface area contributed by atoms with Gasteiger partial charge in [-0.2, -0.15) is 0 Å². The molecule has 0 aromatic heterocycles. The fourth-order valence-corrected chi connectivity index (χ4v) is 2.62. The van der Waals surface area contributed by atoms with Crippen LogP contribution in [-0.2, 0) is 4.74 Å². The van der Waals surface area contributed by atoms with E-state index in [2.05, 4.69) is 23.8 Å². The second-order valence-corrected chi connectivity index (χ2v) is 5.75. The summed E-state index contributed by atoms with van der Waals surface area (Å²) in [7, 11) is 1.84. The van der Waals surface area contributed by atoms with Crippen molar-refractivity contribution in [1.29, 1.82) is 0 Å². The molecule has 2 fully saturated rings. The Morgan fingerprint density at radius 2 is 2.25 bits per heavy atom. The monoisotopic (exact) mass is 285 g/mol. The molecule has 0 N–H and O–H groups in total. The van der Waals surface area contributed by atoms with Crippen LogP contribution in [0.5, 0.6) is 0 Å². The maximum atomic E-state index is 10.7. The Balaban J connectivity index is 2.12. The van der Waals surface area contributed by atoms with Crippen LogP contribution in [0.3, 0.4) is 0 Å². The summed E-state index contributed by atoms with van der Waals surface area (Å²) in [5.74, 6) is 0.867. The maximum Gasteiger partial charge on any atom is 0.275 e. The van der Waals surface area contributed by atoms with Crippen LogP contribution in [0.2, 0.25) is 0 Å². The van der Waals surface area contributed by atoms with Gasteiger partial charge in [0.25, 0.3) is 5.96 Å². The van der Waals surface area contributed by atoms with Crippen molar-refractivity contribution in [3.8, 4) is 0 Å². The standard InChI is InChI=1S/C12H23N5O3/c1-10(2)16-8-14(3)12(13-17(18)19)15(9-16)6-11-4-5-20-7-11/h10-11H,4-9H2,1-3H3/b13-12+. The first-order valence-corrected chi connectivity index (χ1v) is 6.98. The zero-order valence-electron chi connectivity index (χ0n) is 12.4.